The minimum atomic E-state index is -0.0582. The van der Waals surface area contributed by atoms with Gasteiger partial charge >= 0.3 is 0 Å². The highest BCUT2D eigenvalue weighted by molar-refractivity contribution is 5.94. The van der Waals surface area contributed by atoms with Crippen molar-refractivity contribution in [2.24, 2.45) is 0 Å². The predicted molar refractivity (Wildman–Crippen MR) is 108 cm³/mol. The molecule has 7 nitrogen and oxygen atoms in total. The van der Waals surface area contributed by atoms with Crippen molar-refractivity contribution < 1.29 is 4.79 Å². The van der Waals surface area contributed by atoms with E-state index in [0.29, 0.717) is 0 Å². The predicted octanol–water partition coefficient (Wildman–Crippen LogP) is 2.95. The van der Waals surface area contributed by atoms with Gasteiger partial charge in [0.1, 0.15) is 0 Å². The number of carbonyl (C=O) groups excluding carboxylic acids is 1. The van der Waals surface area contributed by atoms with Gasteiger partial charge in [-0.1, -0.05) is 6.42 Å². The molecule has 0 aliphatic carbocycles. The Balaban J connectivity index is 1.33. The molecule has 0 spiro atoms. The fourth-order valence-corrected chi connectivity index (χ4v) is 3.77. The second kappa shape index (κ2) is 8.84. The highest BCUT2D eigenvalue weighted by atomic mass is 16.2. The SMILES string of the molecule is O=C(Nc1ccc(-n2cccn2)cc1)C1CCCCN1CCCn1cccn1. The number of anilines is 1. The van der Waals surface area contributed by atoms with E-state index in [1.807, 2.05) is 53.5 Å². The van der Waals surface area contributed by atoms with Crippen molar-refractivity contribution in [2.45, 2.75) is 38.3 Å². The van der Waals surface area contributed by atoms with Crippen LogP contribution in [0, 0.1) is 0 Å². The van der Waals surface area contributed by atoms with Gasteiger partial charge < -0.3 is 5.32 Å². The number of benzene rings is 1. The van der Waals surface area contributed by atoms with Gasteiger partial charge in [-0.2, -0.15) is 10.2 Å². The molecule has 1 aliphatic heterocycles. The normalized spacial score (nSPS) is 17.5. The van der Waals surface area contributed by atoms with Crippen LogP contribution >= 0.6 is 0 Å². The first kappa shape index (κ1) is 18.4. The van der Waals surface area contributed by atoms with Gasteiger partial charge in [0, 0.05) is 43.6 Å². The maximum absolute atomic E-state index is 12.9. The van der Waals surface area contributed by atoms with Crippen LogP contribution < -0.4 is 5.32 Å². The first-order chi connectivity index (χ1) is 13.8. The highest BCUT2D eigenvalue weighted by Gasteiger charge is 2.28. The zero-order chi connectivity index (χ0) is 19.2. The average Bonchev–Trinajstić information content (AvgIpc) is 3.43. The molecule has 1 unspecified atom stereocenters. The molecule has 0 radical (unpaired) electrons. The number of hydrogen-bond donors (Lipinski definition) is 1. The van der Waals surface area contributed by atoms with Crippen molar-refractivity contribution in [3.8, 4) is 5.69 Å². The first-order valence-electron chi connectivity index (χ1n) is 9.92. The summed E-state index contributed by atoms with van der Waals surface area (Å²) < 4.78 is 3.74. The molecule has 2 aromatic heterocycles. The van der Waals surface area contributed by atoms with E-state index in [2.05, 4.69) is 20.4 Å². The van der Waals surface area contributed by atoms with Gasteiger partial charge in [-0.05, 0) is 62.2 Å². The Kier molecular flexibility index (Phi) is 5.82. The van der Waals surface area contributed by atoms with Crippen molar-refractivity contribution in [1.82, 2.24) is 24.5 Å². The molecule has 3 heterocycles. The van der Waals surface area contributed by atoms with Crippen LogP contribution in [0.25, 0.3) is 5.69 Å². The van der Waals surface area contributed by atoms with Gasteiger partial charge in [-0.15, -0.1) is 0 Å². The van der Waals surface area contributed by atoms with E-state index < -0.39 is 0 Å². The Morgan fingerprint density at radius 2 is 1.86 bits per heavy atom. The number of aryl methyl sites for hydroxylation is 1. The molecule has 1 aliphatic rings. The Morgan fingerprint density at radius 1 is 1.04 bits per heavy atom. The standard InChI is InChI=1S/C21H26N6O/c28-21(24-18-7-9-19(10-8-18)27-17-4-12-23-27)20-6-1-2-13-25(20)14-5-16-26-15-3-11-22-26/h3-4,7-12,15,17,20H,1-2,5-6,13-14,16H2,(H,24,28). The number of nitrogens with zero attached hydrogens (tertiary/aromatic N) is 5. The lowest BCUT2D eigenvalue weighted by Gasteiger charge is -2.34. The average molecular weight is 378 g/mol. The summed E-state index contributed by atoms with van der Waals surface area (Å²) in [7, 11) is 0. The fraction of sp³-hybridized carbons (Fsp3) is 0.381. The summed E-state index contributed by atoms with van der Waals surface area (Å²) in [6.45, 7) is 2.78. The van der Waals surface area contributed by atoms with Crippen LogP contribution in [-0.2, 0) is 11.3 Å². The summed E-state index contributed by atoms with van der Waals surface area (Å²) >= 11 is 0. The molecule has 1 fully saturated rings. The number of aromatic nitrogens is 4. The Bertz CT molecular complexity index is 857. The molecule has 3 aromatic rings. The molecule has 7 heteroatoms. The van der Waals surface area contributed by atoms with Crippen molar-refractivity contribution in [3.05, 3.63) is 61.2 Å². The lowest BCUT2D eigenvalue weighted by atomic mass is 10.0. The molecule has 28 heavy (non-hydrogen) atoms. The van der Waals surface area contributed by atoms with Gasteiger partial charge in [0.05, 0.1) is 11.7 Å². The third-order valence-electron chi connectivity index (χ3n) is 5.21. The third kappa shape index (κ3) is 4.48. The van der Waals surface area contributed by atoms with Crippen molar-refractivity contribution in [2.75, 3.05) is 18.4 Å². The van der Waals surface area contributed by atoms with E-state index in [1.165, 1.54) is 0 Å². The van der Waals surface area contributed by atoms with E-state index >= 15 is 0 Å². The van der Waals surface area contributed by atoms with Crippen LogP contribution in [0.5, 0.6) is 0 Å². The van der Waals surface area contributed by atoms with Crippen molar-refractivity contribution in [1.29, 1.82) is 0 Å². The topological polar surface area (TPSA) is 68.0 Å². The summed E-state index contributed by atoms with van der Waals surface area (Å²) in [4.78, 5) is 15.2. The Hall–Kier alpha value is -2.93. The van der Waals surface area contributed by atoms with Gasteiger partial charge in [0.25, 0.3) is 0 Å². The molecule has 4 rings (SSSR count). The molecular weight excluding hydrogens is 352 g/mol. The second-order valence-electron chi connectivity index (χ2n) is 7.16. The molecule has 0 saturated carbocycles. The van der Waals surface area contributed by atoms with E-state index in [-0.39, 0.29) is 11.9 Å². The van der Waals surface area contributed by atoms with Gasteiger partial charge in [-0.3, -0.25) is 14.4 Å². The zero-order valence-electron chi connectivity index (χ0n) is 15.9. The molecule has 1 aromatic carbocycles. The minimum Gasteiger partial charge on any atom is -0.325 e. The van der Waals surface area contributed by atoms with Crippen LogP contribution in [0.2, 0.25) is 0 Å². The first-order valence-corrected chi connectivity index (χ1v) is 9.92. The second-order valence-corrected chi connectivity index (χ2v) is 7.16. The number of rotatable bonds is 7. The maximum atomic E-state index is 12.9. The largest absolute Gasteiger partial charge is 0.325 e. The van der Waals surface area contributed by atoms with Gasteiger partial charge in [0.15, 0.2) is 0 Å². The lowest BCUT2D eigenvalue weighted by Crippen LogP contribution is -2.47. The summed E-state index contributed by atoms with van der Waals surface area (Å²) in [5.74, 6) is 0.0885. The summed E-state index contributed by atoms with van der Waals surface area (Å²) in [6.07, 6.45) is 11.6. The van der Waals surface area contributed by atoms with Crippen LogP contribution in [-0.4, -0.2) is 49.5 Å². The quantitative estimate of drug-likeness (QED) is 0.686. The van der Waals surface area contributed by atoms with E-state index in [0.717, 1.165) is 56.7 Å². The van der Waals surface area contributed by atoms with Crippen LogP contribution in [0.15, 0.2) is 61.2 Å². The number of likely N-dealkylation sites (tertiary alicyclic amines) is 1. The molecule has 146 valence electrons. The molecule has 0 bridgehead atoms. The number of carbonyl (C=O) groups is 1. The van der Waals surface area contributed by atoms with E-state index in [9.17, 15) is 4.79 Å². The maximum Gasteiger partial charge on any atom is 0.241 e. The smallest absolute Gasteiger partial charge is 0.241 e. The molecular formula is C21H26N6O. The summed E-state index contributed by atoms with van der Waals surface area (Å²) in [6, 6.07) is 11.6. The Labute approximate surface area is 165 Å². The number of hydrogen-bond acceptors (Lipinski definition) is 4. The van der Waals surface area contributed by atoms with Crippen molar-refractivity contribution in [3.63, 3.8) is 0 Å². The van der Waals surface area contributed by atoms with Gasteiger partial charge in [-0.25, -0.2) is 4.68 Å². The fourth-order valence-electron chi connectivity index (χ4n) is 3.77. The van der Waals surface area contributed by atoms with Crippen LogP contribution in [0.3, 0.4) is 0 Å². The highest BCUT2D eigenvalue weighted by Crippen LogP contribution is 2.20. The number of nitrogens with one attached hydrogen (secondary N) is 1. The lowest BCUT2D eigenvalue weighted by molar-refractivity contribution is -0.122. The number of amides is 1. The number of piperidine rings is 1. The van der Waals surface area contributed by atoms with Crippen molar-refractivity contribution >= 4 is 11.6 Å². The molecule has 1 N–H and O–H groups in total. The van der Waals surface area contributed by atoms with E-state index in [4.69, 9.17) is 0 Å². The monoisotopic (exact) mass is 378 g/mol. The molecule has 1 saturated heterocycles. The van der Waals surface area contributed by atoms with E-state index in [1.54, 1.807) is 17.1 Å². The van der Waals surface area contributed by atoms with Crippen LogP contribution in [0.4, 0.5) is 5.69 Å². The minimum absolute atomic E-state index is 0.0582. The van der Waals surface area contributed by atoms with Gasteiger partial charge in [0.2, 0.25) is 5.91 Å². The Morgan fingerprint density at radius 3 is 2.61 bits per heavy atom. The summed E-state index contributed by atoms with van der Waals surface area (Å²) in [5.41, 5.74) is 1.80. The molecule has 1 atom stereocenters. The third-order valence-corrected chi connectivity index (χ3v) is 5.21. The van der Waals surface area contributed by atoms with Crippen LogP contribution in [0.1, 0.15) is 25.7 Å². The molecule has 1 amide bonds. The summed E-state index contributed by atoms with van der Waals surface area (Å²) in [5, 5.41) is 11.6. The zero-order valence-corrected chi connectivity index (χ0v) is 15.9.